The summed E-state index contributed by atoms with van der Waals surface area (Å²) in [5.74, 6) is 0.886. The second kappa shape index (κ2) is 7.35. The van der Waals surface area contributed by atoms with Gasteiger partial charge in [0.05, 0.1) is 30.7 Å². The van der Waals surface area contributed by atoms with Gasteiger partial charge < -0.3 is 14.4 Å². The molecule has 0 spiro atoms. The highest BCUT2D eigenvalue weighted by atomic mass is 32.1. The van der Waals surface area contributed by atoms with Crippen LogP contribution in [0.5, 0.6) is 0 Å². The predicted molar refractivity (Wildman–Crippen MR) is 87.6 cm³/mol. The van der Waals surface area contributed by atoms with Crippen molar-refractivity contribution in [2.45, 2.75) is 19.3 Å². The van der Waals surface area contributed by atoms with Crippen LogP contribution >= 0.6 is 11.3 Å². The topological polar surface area (TPSA) is 47.3 Å². The van der Waals surface area contributed by atoms with Gasteiger partial charge in [0.25, 0.3) is 0 Å². The van der Waals surface area contributed by atoms with Gasteiger partial charge in [0.1, 0.15) is 5.82 Å². The van der Waals surface area contributed by atoms with Crippen molar-refractivity contribution in [1.82, 2.24) is 9.55 Å². The van der Waals surface area contributed by atoms with E-state index in [-0.39, 0.29) is 0 Å². The fourth-order valence-corrected chi connectivity index (χ4v) is 2.99. The quantitative estimate of drug-likeness (QED) is 0.728. The highest BCUT2D eigenvalue weighted by Crippen LogP contribution is 2.23. The summed E-state index contributed by atoms with van der Waals surface area (Å²) in [6.45, 7) is 1.29. The van der Waals surface area contributed by atoms with Crippen molar-refractivity contribution in [3.8, 4) is 10.7 Å². The Bertz CT molecular complexity index is 680. The minimum absolute atomic E-state index is 0.303. The Labute approximate surface area is 133 Å². The molecule has 0 aliphatic carbocycles. The highest BCUT2D eigenvalue weighted by molar-refractivity contribution is 7.13. The molecule has 2 heterocycles. The van der Waals surface area contributed by atoms with Crippen molar-refractivity contribution in [1.29, 1.82) is 0 Å². The fraction of sp³-hybridized carbons (Fsp3) is 0.235. The van der Waals surface area contributed by atoms with E-state index in [0.29, 0.717) is 19.8 Å². The van der Waals surface area contributed by atoms with Gasteiger partial charge >= 0.3 is 0 Å². The summed E-state index contributed by atoms with van der Waals surface area (Å²) in [4.78, 5) is 5.46. The van der Waals surface area contributed by atoms with Gasteiger partial charge in [-0.2, -0.15) is 0 Å². The summed E-state index contributed by atoms with van der Waals surface area (Å²) in [7, 11) is 0. The van der Waals surface area contributed by atoms with E-state index in [9.17, 15) is 5.11 Å². The van der Waals surface area contributed by atoms with E-state index in [0.717, 1.165) is 16.3 Å². The Hall–Kier alpha value is -1.95. The standard InChI is InChI=1S/C17H18N2O2S/c20-15(13-21-12-14-5-2-1-3-6-14)11-19-9-8-18-17(19)16-7-4-10-22-16/h1-10,15,20H,11-13H2. The number of imidazole rings is 1. The van der Waals surface area contributed by atoms with Crippen LogP contribution in [0.15, 0.2) is 60.2 Å². The van der Waals surface area contributed by atoms with Crippen molar-refractivity contribution < 1.29 is 9.84 Å². The number of benzene rings is 1. The Morgan fingerprint density at radius 3 is 2.82 bits per heavy atom. The Kier molecular flexibility index (Phi) is 5.00. The van der Waals surface area contributed by atoms with Crippen LogP contribution in [0, 0.1) is 0 Å². The average molecular weight is 314 g/mol. The van der Waals surface area contributed by atoms with E-state index in [1.54, 1.807) is 17.5 Å². The zero-order chi connectivity index (χ0) is 15.2. The molecule has 0 saturated carbocycles. The van der Waals surface area contributed by atoms with E-state index in [2.05, 4.69) is 4.98 Å². The summed E-state index contributed by atoms with van der Waals surface area (Å²) in [6.07, 6.45) is 3.08. The summed E-state index contributed by atoms with van der Waals surface area (Å²) in [6, 6.07) is 14.0. The molecule has 1 atom stereocenters. The number of aromatic nitrogens is 2. The van der Waals surface area contributed by atoms with Gasteiger partial charge in [0.15, 0.2) is 0 Å². The van der Waals surface area contributed by atoms with Crippen LogP contribution in [0.4, 0.5) is 0 Å². The molecule has 5 heteroatoms. The fourth-order valence-electron chi connectivity index (χ4n) is 2.25. The number of hydrogen-bond donors (Lipinski definition) is 1. The molecule has 0 aliphatic heterocycles. The van der Waals surface area contributed by atoms with Crippen molar-refractivity contribution in [3.63, 3.8) is 0 Å². The summed E-state index contributed by atoms with van der Waals surface area (Å²) < 4.78 is 7.54. The molecule has 3 rings (SSSR count). The number of thiophene rings is 1. The molecule has 0 aliphatic rings. The third kappa shape index (κ3) is 3.82. The SMILES string of the molecule is OC(COCc1ccccc1)Cn1ccnc1-c1cccs1. The normalized spacial score (nSPS) is 12.4. The number of hydrogen-bond acceptors (Lipinski definition) is 4. The van der Waals surface area contributed by atoms with E-state index >= 15 is 0 Å². The van der Waals surface area contributed by atoms with Crippen LogP contribution in [-0.2, 0) is 17.9 Å². The van der Waals surface area contributed by atoms with Crippen molar-refractivity contribution in [2.75, 3.05) is 6.61 Å². The van der Waals surface area contributed by atoms with Gasteiger partial charge in [-0.25, -0.2) is 4.98 Å². The van der Waals surface area contributed by atoms with Gasteiger partial charge in [-0.15, -0.1) is 11.3 Å². The van der Waals surface area contributed by atoms with E-state index in [4.69, 9.17) is 4.74 Å². The first kappa shape index (κ1) is 15.0. The molecule has 4 nitrogen and oxygen atoms in total. The first-order valence-corrected chi connectivity index (χ1v) is 8.05. The Morgan fingerprint density at radius 2 is 2.05 bits per heavy atom. The lowest BCUT2D eigenvalue weighted by molar-refractivity contribution is 0.0206. The van der Waals surface area contributed by atoms with Gasteiger partial charge in [0, 0.05) is 12.4 Å². The first-order chi connectivity index (χ1) is 10.8. The zero-order valence-corrected chi connectivity index (χ0v) is 12.9. The molecule has 1 aromatic carbocycles. The molecule has 114 valence electrons. The molecular formula is C17H18N2O2S. The third-order valence-electron chi connectivity index (χ3n) is 3.29. The van der Waals surface area contributed by atoms with Gasteiger partial charge in [0.2, 0.25) is 0 Å². The molecule has 0 bridgehead atoms. The molecule has 3 aromatic rings. The predicted octanol–water partition coefficient (Wildman–Crippen LogP) is 3.19. The van der Waals surface area contributed by atoms with Crippen LogP contribution in [0.1, 0.15) is 5.56 Å². The Balaban J connectivity index is 1.52. The highest BCUT2D eigenvalue weighted by Gasteiger charge is 2.11. The van der Waals surface area contributed by atoms with Crippen LogP contribution < -0.4 is 0 Å². The molecule has 22 heavy (non-hydrogen) atoms. The van der Waals surface area contributed by atoms with Crippen LogP contribution in [0.3, 0.4) is 0 Å². The van der Waals surface area contributed by atoms with E-state index in [1.807, 2.05) is 58.6 Å². The van der Waals surface area contributed by atoms with Crippen molar-refractivity contribution in [2.24, 2.45) is 0 Å². The van der Waals surface area contributed by atoms with E-state index in [1.165, 1.54) is 0 Å². The molecule has 1 N–H and O–H groups in total. The second-order valence-corrected chi connectivity index (χ2v) is 5.98. The van der Waals surface area contributed by atoms with E-state index < -0.39 is 6.10 Å². The second-order valence-electron chi connectivity index (χ2n) is 5.04. The van der Waals surface area contributed by atoms with Crippen LogP contribution in [0.25, 0.3) is 10.7 Å². The maximum Gasteiger partial charge on any atom is 0.150 e. The third-order valence-corrected chi connectivity index (χ3v) is 4.15. The minimum atomic E-state index is -0.559. The smallest absolute Gasteiger partial charge is 0.150 e. The summed E-state index contributed by atoms with van der Waals surface area (Å²) >= 11 is 1.64. The first-order valence-electron chi connectivity index (χ1n) is 7.17. The van der Waals surface area contributed by atoms with Crippen LogP contribution in [0.2, 0.25) is 0 Å². The largest absolute Gasteiger partial charge is 0.389 e. The zero-order valence-electron chi connectivity index (χ0n) is 12.1. The number of ether oxygens (including phenoxy) is 1. The lowest BCUT2D eigenvalue weighted by Gasteiger charge is -2.13. The minimum Gasteiger partial charge on any atom is -0.389 e. The van der Waals surface area contributed by atoms with Crippen molar-refractivity contribution in [3.05, 3.63) is 65.8 Å². The molecular weight excluding hydrogens is 296 g/mol. The number of aliphatic hydroxyl groups is 1. The number of rotatable bonds is 7. The molecule has 2 aromatic heterocycles. The maximum atomic E-state index is 10.2. The number of aliphatic hydroxyl groups excluding tert-OH is 1. The van der Waals surface area contributed by atoms with Crippen LogP contribution in [-0.4, -0.2) is 27.4 Å². The molecule has 0 amide bonds. The average Bonchev–Trinajstić information content (AvgIpc) is 3.19. The molecule has 0 fully saturated rings. The lowest BCUT2D eigenvalue weighted by Crippen LogP contribution is -2.22. The molecule has 0 radical (unpaired) electrons. The molecule has 0 saturated heterocycles. The van der Waals surface area contributed by atoms with Gasteiger partial charge in [-0.1, -0.05) is 36.4 Å². The Morgan fingerprint density at radius 1 is 1.18 bits per heavy atom. The maximum absolute atomic E-state index is 10.2. The summed E-state index contributed by atoms with van der Waals surface area (Å²) in [5.41, 5.74) is 1.11. The summed E-state index contributed by atoms with van der Waals surface area (Å²) in [5, 5.41) is 12.2. The number of nitrogens with zero attached hydrogens (tertiary/aromatic N) is 2. The van der Waals surface area contributed by atoms with Gasteiger partial charge in [-0.05, 0) is 17.0 Å². The molecule has 1 unspecified atom stereocenters. The lowest BCUT2D eigenvalue weighted by atomic mass is 10.2. The van der Waals surface area contributed by atoms with Gasteiger partial charge in [-0.3, -0.25) is 0 Å². The monoisotopic (exact) mass is 314 g/mol. The van der Waals surface area contributed by atoms with Crippen molar-refractivity contribution >= 4 is 11.3 Å².